The quantitative estimate of drug-likeness (QED) is 0.837. The fourth-order valence-electron chi connectivity index (χ4n) is 1.68. The van der Waals surface area contributed by atoms with E-state index in [0.717, 1.165) is 0 Å². The lowest BCUT2D eigenvalue weighted by molar-refractivity contribution is 0.350. The van der Waals surface area contributed by atoms with Gasteiger partial charge in [-0.2, -0.15) is 4.98 Å². The molecule has 0 bridgehead atoms. The molecule has 7 heteroatoms. The minimum absolute atomic E-state index is 0.0845. The average Bonchev–Trinajstić information content (AvgIpc) is 2.82. The van der Waals surface area contributed by atoms with E-state index >= 15 is 0 Å². The number of aliphatic hydroxyl groups is 1. The summed E-state index contributed by atoms with van der Waals surface area (Å²) in [5, 5.41) is 8.68. The third kappa shape index (κ3) is 3.62. The summed E-state index contributed by atoms with van der Waals surface area (Å²) in [5.41, 5.74) is 1.64. The van der Waals surface area contributed by atoms with E-state index in [1.54, 1.807) is 26.0 Å². The summed E-state index contributed by atoms with van der Waals surface area (Å²) in [5.74, 6) is 5.15. The van der Waals surface area contributed by atoms with Crippen molar-refractivity contribution < 1.29 is 17.9 Å². The van der Waals surface area contributed by atoms with Crippen molar-refractivity contribution in [2.75, 3.05) is 11.3 Å². The molecule has 0 fully saturated rings. The molecule has 6 nitrogen and oxygen atoms in total. The molecule has 0 unspecified atom stereocenters. The number of hydrogen-bond acceptors (Lipinski definition) is 5. The van der Waals surface area contributed by atoms with E-state index in [4.69, 9.17) is 9.52 Å². The van der Waals surface area contributed by atoms with Gasteiger partial charge in [-0.1, -0.05) is 17.9 Å². The Morgan fingerprint density at radius 1 is 1.38 bits per heavy atom. The van der Waals surface area contributed by atoms with Gasteiger partial charge in [-0.15, -0.1) is 0 Å². The lowest BCUT2D eigenvalue weighted by Gasteiger charge is -2.08. The van der Waals surface area contributed by atoms with Gasteiger partial charge >= 0.3 is 6.01 Å². The zero-order chi connectivity index (χ0) is 15.5. The van der Waals surface area contributed by atoms with Crippen LogP contribution in [0.4, 0.5) is 6.01 Å². The van der Waals surface area contributed by atoms with E-state index in [1.807, 2.05) is 0 Å². The van der Waals surface area contributed by atoms with Crippen LogP contribution >= 0.6 is 0 Å². The van der Waals surface area contributed by atoms with Gasteiger partial charge in [0, 0.05) is 5.56 Å². The molecule has 0 amide bonds. The van der Waals surface area contributed by atoms with Gasteiger partial charge in [0.05, 0.1) is 10.6 Å². The monoisotopic (exact) mass is 306 g/mol. The summed E-state index contributed by atoms with van der Waals surface area (Å²) in [6, 6.07) is 4.69. The van der Waals surface area contributed by atoms with Gasteiger partial charge in [0.25, 0.3) is 10.0 Å². The van der Waals surface area contributed by atoms with Crippen molar-refractivity contribution >= 4 is 16.0 Å². The molecular weight excluding hydrogens is 292 g/mol. The molecule has 2 N–H and O–H groups in total. The van der Waals surface area contributed by atoms with E-state index in [9.17, 15) is 8.42 Å². The number of oxazole rings is 1. The van der Waals surface area contributed by atoms with E-state index in [2.05, 4.69) is 21.5 Å². The van der Waals surface area contributed by atoms with Crippen molar-refractivity contribution in [2.45, 2.75) is 18.7 Å². The molecule has 0 aliphatic rings. The van der Waals surface area contributed by atoms with Crippen LogP contribution in [-0.4, -0.2) is 25.1 Å². The Labute approximate surface area is 122 Å². The average molecular weight is 306 g/mol. The number of rotatable bonds is 3. The molecule has 0 aliphatic heterocycles. The van der Waals surface area contributed by atoms with Crippen LogP contribution in [0.5, 0.6) is 0 Å². The molecule has 0 saturated carbocycles. The Morgan fingerprint density at radius 2 is 2.14 bits per heavy atom. The number of benzene rings is 1. The van der Waals surface area contributed by atoms with E-state index < -0.39 is 10.0 Å². The number of nitrogens with one attached hydrogen (secondary N) is 1. The van der Waals surface area contributed by atoms with Gasteiger partial charge in [-0.3, -0.25) is 0 Å². The van der Waals surface area contributed by atoms with Crippen LogP contribution in [0.1, 0.15) is 16.8 Å². The molecule has 0 radical (unpaired) electrons. The van der Waals surface area contributed by atoms with Crippen LogP contribution in [0.3, 0.4) is 0 Å². The second kappa shape index (κ2) is 5.99. The lowest BCUT2D eigenvalue weighted by Crippen LogP contribution is -2.14. The fraction of sp³-hybridized carbons (Fsp3) is 0.214. The van der Waals surface area contributed by atoms with E-state index in [1.165, 1.54) is 12.3 Å². The van der Waals surface area contributed by atoms with E-state index in [0.29, 0.717) is 16.8 Å². The minimum atomic E-state index is -3.81. The topological polar surface area (TPSA) is 92.4 Å². The van der Waals surface area contributed by atoms with Gasteiger partial charge in [-0.25, -0.2) is 13.1 Å². The molecule has 2 aromatic rings. The smallest absolute Gasteiger partial charge is 0.309 e. The SMILES string of the molecule is Cc1coc(NS(=O)(=O)c2cc(C#CCO)ccc2C)n1. The first-order chi connectivity index (χ1) is 9.92. The van der Waals surface area contributed by atoms with Crippen LogP contribution in [0.15, 0.2) is 33.8 Å². The Bertz CT molecular complexity index is 813. The number of anilines is 1. The lowest BCUT2D eigenvalue weighted by atomic mass is 10.1. The molecule has 1 heterocycles. The molecular formula is C14H14N2O4S. The zero-order valence-corrected chi connectivity index (χ0v) is 12.4. The molecule has 0 atom stereocenters. The van der Waals surface area contributed by atoms with Gasteiger partial charge in [0.1, 0.15) is 12.9 Å². The highest BCUT2D eigenvalue weighted by Crippen LogP contribution is 2.20. The van der Waals surface area contributed by atoms with Gasteiger partial charge in [-0.05, 0) is 31.5 Å². The summed E-state index contributed by atoms with van der Waals surface area (Å²) >= 11 is 0. The maximum absolute atomic E-state index is 12.3. The Balaban J connectivity index is 2.39. The fourth-order valence-corrected chi connectivity index (χ4v) is 2.89. The van der Waals surface area contributed by atoms with Crippen molar-refractivity contribution in [1.82, 2.24) is 4.98 Å². The van der Waals surface area contributed by atoms with Crippen molar-refractivity contribution in [3.8, 4) is 11.8 Å². The van der Waals surface area contributed by atoms with Gasteiger partial charge in [0.15, 0.2) is 0 Å². The van der Waals surface area contributed by atoms with Crippen molar-refractivity contribution in [2.24, 2.45) is 0 Å². The Hall–Kier alpha value is -2.30. The third-order valence-corrected chi connectivity index (χ3v) is 4.09. The van der Waals surface area contributed by atoms with Gasteiger partial charge < -0.3 is 9.52 Å². The number of aliphatic hydroxyl groups excluding tert-OH is 1. The highest BCUT2D eigenvalue weighted by atomic mass is 32.2. The molecule has 21 heavy (non-hydrogen) atoms. The Morgan fingerprint density at radius 3 is 2.76 bits per heavy atom. The summed E-state index contributed by atoms with van der Waals surface area (Å²) in [6.07, 6.45) is 1.36. The number of hydrogen-bond donors (Lipinski definition) is 2. The maximum Gasteiger partial charge on any atom is 0.309 e. The van der Waals surface area contributed by atoms with Crippen LogP contribution in [0, 0.1) is 25.7 Å². The van der Waals surface area contributed by atoms with Crippen LogP contribution < -0.4 is 4.72 Å². The molecule has 2 rings (SSSR count). The largest absolute Gasteiger partial charge is 0.431 e. The Kier molecular flexibility index (Phi) is 4.31. The summed E-state index contributed by atoms with van der Waals surface area (Å²) < 4.78 is 32.0. The summed E-state index contributed by atoms with van der Waals surface area (Å²) in [6.45, 7) is 3.08. The molecule has 110 valence electrons. The van der Waals surface area contributed by atoms with Crippen molar-refractivity contribution in [3.63, 3.8) is 0 Å². The normalized spacial score (nSPS) is 10.8. The predicted octanol–water partition coefficient (Wildman–Crippen LogP) is 1.44. The molecule has 0 spiro atoms. The highest BCUT2D eigenvalue weighted by molar-refractivity contribution is 7.92. The minimum Gasteiger partial charge on any atom is -0.431 e. The van der Waals surface area contributed by atoms with Crippen LogP contribution in [0.25, 0.3) is 0 Å². The van der Waals surface area contributed by atoms with Gasteiger partial charge in [0.2, 0.25) is 0 Å². The highest BCUT2D eigenvalue weighted by Gasteiger charge is 2.19. The predicted molar refractivity (Wildman–Crippen MR) is 77.2 cm³/mol. The second-order valence-corrected chi connectivity index (χ2v) is 5.99. The zero-order valence-electron chi connectivity index (χ0n) is 11.5. The first kappa shape index (κ1) is 15.1. The molecule has 0 aliphatic carbocycles. The summed E-state index contributed by atoms with van der Waals surface area (Å²) in [7, 11) is -3.81. The summed E-state index contributed by atoms with van der Waals surface area (Å²) in [4.78, 5) is 3.99. The first-order valence-electron chi connectivity index (χ1n) is 6.08. The molecule has 0 saturated heterocycles. The first-order valence-corrected chi connectivity index (χ1v) is 7.56. The van der Waals surface area contributed by atoms with Crippen molar-refractivity contribution in [3.05, 3.63) is 41.3 Å². The number of sulfonamides is 1. The maximum atomic E-state index is 12.3. The standard InChI is InChI=1S/C14H14N2O4S/c1-10-5-6-12(4-3-7-17)8-13(10)21(18,19)16-14-15-11(2)9-20-14/h5-6,8-9,17H,7H2,1-2H3,(H,15,16). The number of aryl methyl sites for hydroxylation is 2. The second-order valence-electron chi connectivity index (χ2n) is 4.34. The number of nitrogens with zero attached hydrogens (tertiary/aromatic N) is 1. The van der Waals surface area contributed by atoms with Crippen LogP contribution in [-0.2, 0) is 10.0 Å². The third-order valence-electron chi connectivity index (χ3n) is 2.63. The van der Waals surface area contributed by atoms with E-state index in [-0.39, 0.29) is 17.5 Å². The van der Waals surface area contributed by atoms with Crippen LogP contribution in [0.2, 0.25) is 0 Å². The molecule has 1 aromatic carbocycles. The van der Waals surface area contributed by atoms with Crippen molar-refractivity contribution in [1.29, 1.82) is 0 Å². The molecule has 1 aromatic heterocycles. The number of aromatic nitrogens is 1.